The Labute approximate surface area is 156 Å². The number of benzene rings is 1. The smallest absolute Gasteiger partial charge is 0.224 e. The van der Waals surface area contributed by atoms with Gasteiger partial charge in [0.25, 0.3) is 0 Å². The van der Waals surface area contributed by atoms with Crippen LogP contribution < -0.4 is 10.1 Å². The molecule has 0 spiro atoms. The molecule has 0 aliphatic heterocycles. The van der Waals surface area contributed by atoms with Crippen molar-refractivity contribution in [1.82, 2.24) is 19.7 Å². The fraction of sp³-hybridized carbons (Fsp3) is 0.368. The second kappa shape index (κ2) is 7.60. The summed E-state index contributed by atoms with van der Waals surface area (Å²) in [6, 6.07) is 9.65. The third kappa shape index (κ3) is 3.68. The summed E-state index contributed by atoms with van der Waals surface area (Å²) < 4.78 is 7.20. The summed E-state index contributed by atoms with van der Waals surface area (Å²) in [5.41, 5.74) is 0.843. The van der Waals surface area contributed by atoms with Gasteiger partial charge < -0.3 is 15.2 Å². The lowest BCUT2D eigenvalue weighted by Gasteiger charge is -2.26. The predicted octanol–water partition coefficient (Wildman–Crippen LogP) is 2.43. The molecule has 1 aliphatic rings. The van der Waals surface area contributed by atoms with Gasteiger partial charge in [0, 0.05) is 18.3 Å². The van der Waals surface area contributed by atoms with Crippen LogP contribution in [0.2, 0.25) is 0 Å². The SMILES string of the molecule is N#CCOc1cccc2c1cnn2-c1ccnc(N[C@H]2CC[C@H](O)CC2)n1. The number of ether oxygens (including phenoxy) is 1. The molecule has 0 radical (unpaired) electrons. The normalized spacial score (nSPS) is 19.6. The van der Waals surface area contributed by atoms with Crippen LogP contribution in [0.3, 0.4) is 0 Å². The van der Waals surface area contributed by atoms with Gasteiger partial charge in [-0.1, -0.05) is 6.07 Å². The first-order valence-corrected chi connectivity index (χ1v) is 8.99. The van der Waals surface area contributed by atoms with Crippen molar-refractivity contribution in [2.24, 2.45) is 0 Å². The number of nitriles is 1. The second-order valence-electron chi connectivity index (χ2n) is 6.58. The molecule has 8 nitrogen and oxygen atoms in total. The molecule has 2 aromatic heterocycles. The van der Waals surface area contributed by atoms with Gasteiger partial charge in [-0.3, -0.25) is 0 Å². The lowest BCUT2D eigenvalue weighted by atomic mass is 9.93. The van der Waals surface area contributed by atoms with Crippen molar-refractivity contribution in [2.75, 3.05) is 11.9 Å². The zero-order valence-electron chi connectivity index (χ0n) is 14.7. The monoisotopic (exact) mass is 364 g/mol. The maximum absolute atomic E-state index is 9.64. The number of hydrogen-bond acceptors (Lipinski definition) is 7. The van der Waals surface area contributed by atoms with E-state index in [-0.39, 0.29) is 18.8 Å². The third-order valence-corrected chi connectivity index (χ3v) is 4.75. The topological polar surface area (TPSA) is 109 Å². The average Bonchev–Trinajstić information content (AvgIpc) is 3.13. The van der Waals surface area contributed by atoms with Crippen LogP contribution in [0.15, 0.2) is 36.7 Å². The largest absolute Gasteiger partial charge is 0.478 e. The minimum atomic E-state index is -0.191. The van der Waals surface area contributed by atoms with Gasteiger partial charge in [-0.05, 0) is 37.8 Å². The van der Waals surface area contributed by atoms with E-state index >= 15 is 0 Å². The molecule has 138 valence electrons. The molecule has 1 aromatic carbocycles. The summed E-state index contributed by atoms with van der Waals surface area (Å²) in [4.78, 5) is 8.91. The van der Waals surface area contributed by atoms with E-state index < -0.39 is 0 Å². The Balaban J connectivity index is 1.59. The molecule has 1 aliphatic carbocycles. The summed E-state index contributed by atoms with van der Waals surface area (Å²) in [6.07, 6.45) is 6.62. The molecule has 2 heterocycles. The molecular weight excluding hydrogens is 344 g/mol. The fourth-order valence-corrected chi connectivity index (χ4v) is 3.38. The van der Waals surface area contributed by atoms with E-state index in [2.05, 4.69) is 20.4 Å². The van der Waals surface area contributed by atoms with E-state index in [9.17, 15) is 5.11 Å². The Morgan fingerprint density at radius 2 is 2.11 bits per heavy atom. The molecule has 0 unspecified atom stereocenters. The number of nitrogens with one attached hydrogen (secondary N) is 1. The average molecular weight is 364 g/mol. The first-order chi connectivity index (χ1) is 13.2. The fourth-order valence-electron chi connectivity index (χ4n) is 3.38. The highest BCUT2D eigenvalue weighted by Gasteiger charge is 2.20. The van der Waals surface area contributed by atoms with Crippen molar-refractivity contribution in [3.05, 3.63) is 36.7 Å². The van der Waals surface area contributed by atoms with Crippen LogP contribution in [0.5, 0.6) is 5.75 Å². The van der Waals surface area contributed by atoms with Crippen LogP contribution >= 0.6 is 0 Å². The number of aliphatic hydroxyl groups is 1. The second-order valence-corrected chi connectivity index (χ2v) is 6.58. The summed E-state index contributed by atoms with van der Waals surface area (Å²) in [5, 5.41) is 27.0. The summed E-state index contributed by atoms with van der Waals surface area (Å²) in [7, 11) is 0. The minimum Gasteiger partial charge on any atom is -0.478 e. The molecule has 1 saturated carbocycles. The number of rotatable bonds is 5. The van der Waals surface area contributed by atoms with Gasteiger partial charge in [0.1, 0.15) is 11.8 Å². The molecular formula is C19H20N6O2. The van der Waals surface area contributed by atoms with Crippen molar-refractivity contribution in [1.29, 1.82) is 5.26 Å². The van der Waals surface area contributed by atoms with Crippen molar-refractivity contribution < 1.29 is 9.84 Å². The molecule has 0 atom stereocenters. The Kier molecular flexibility index (Phi) is 4.85. The van der Waals surface area contributed by atoms with E-state index in [0.29, 0.717) is 17.5 Å². The number of hydrogen-bond donors (Lipinski definition) is 2. The Hall–Kier alpha value is -3.18. The summed E-state index contributed by atoms with van der Waals surface area (Å²) in [6.45, 7) is -0.0120. The highest BCUT2D eigenvalue weighted by atomic mass is 16.5. The first-order valence-electron chi connectivity index (χ1n) is 8.99. The van der Waals surface area contributed by atoms with Crippen LogP contribution in [-0.2, 0) is 0 Å². The molecule has 27 heavy (non-hydrogen) atoms. The third-order valence-electron chi connectivity index (χ3n) is 4.75. The lowest BCUT2D eigenvalue weighted by molar-refractivity contribution is 0.126. The van der Waals surface area contributed by atoms with Gasteiger partial charge in [0.05, 0.1) is 23.2 Å². The van der Waals surface area contributed by atoms with Gasteiger partial charge in [-0.2, -0.15) is 15.3 Å². The van der Waals surface area contributed by atoms with E-state index in [1.807, 2.05) is 24.3 Å². The van der Waals surface area contributed by atoms with Crippen LogP contribution in [-0.4, -0.2) is 43.6 Å². The molecule has 1 fully saturated rings. The van der Waals surface area contributed by atoms with Crippen molar-refractivity contribution >= 4 is 16.9 Å². The van der Waals surface area contributed by atoms with E-state index in [1.54, 1.807) is 23.1 Å². The Morgan fingerprint density at radius 3 is 2.93 bits per heavy atom. The molecule has 0 bridgehead atoms. The molecule has 4 rings (SSSR count). The van der Waals surface area contributed by atoms with Crippen LogP contribution in [0.25, 0.3) is 16.7 Å². The lowest BCUT2D eigenvalue weighted by Crippen LogP contribution is -2.29. The molecule has 0 saturated heterocycles. The van der Waals surface area contributed by atoms with Crippen LogP contribution in [0, 0.1) is 11.3 Å². The molecule has 3 aromatic rings. The number of nitrogens with zero attached hydrogens (tertiary/aromatic N) is 5. The maximum atomic E-state index is 9.64. The quantitative estimate of drug-likeness (QED) is 0.715. The molecule has 2 N–H and O–H groups in total. The van der Waals surface area contributed by atoms with Crippen molar-refractivity contribution in [3.63, 3.8) is 0 Å². The van der Waals surface area contributed by atoms with Gasteiger partial charge in [0.2, 0.25) is 5.95 Å². The van der Waals surface area contributed by atoms with Crippen molar-refractivity contribution in [2.45, 2.75) is 37.8 Å². The number of aliphatic hydroxyl groups excluding tert-OH is 1. The standard InChI is InChI=1S/C19H20N6O2/c20-9-11-27-17-3-1-2-16-15(17)12-22-25(16)18-8-10-21-19(24-18)23-13-4-6-14(26)7-5-13/h1-3,8,10,12-14,26H,4-7,11H2,(H,21,23,24)/t13-,14-. The highest BCUT2D eigenvalue weighted by molar-refractivity contribution is 5.86. The zero-order chi connectivity index (χ0) is 18.6. The van der Waals surface area contributed by atoms with E-state index in [0.717, 1.165) is 36.6 Å². The summed E-state index contributed by atoms with van der Waals surface area (Å²) >= 11 is 0. The number of fused-ring (bicyclic) bond motifs is 1. The van der Waals surface area contributed by atoms with Gasteiger partial charge in [-0.15, -0.1) is 0 Å². The maximum Gasteiger partial charge on any atom is 0.224 e. The molecule has 0 amide bonds. The first kappa shape index (κ1) is 17.2. The van der Waals surface area contributed by atoms with Gasteiger partial charge in [0.15, 0.2) is 12.4 Å². The number of aromatic nitrogens is 4. The predicted molar refractivity (Wildman–Crippen MR) is 99.7 cm³/mol. The van der Waals surface area contributed by atoms with Crippen LogP contribution in [0.4, 0.5) is 5.95 Å². The molecule has 8 heteroatoms. The van der Waals surface area contributed by atoms with E-state index in [1.165, 1.54) is 0 Å². The van der Waals surface area contributed by atoms with Gasteiger partial charge >= 0.3 is 0 Å². The summed E-state index contributed by atoms with van der Waals surface area (Å²) in [5.74, 6) is 1.82. The van der Waals surface area contributed by atoms with Crippen molar-refractivity contribution in [3.8, 4) is 17.6 Å². The zero-order valence-corrected chi connectivity index (χ0v) is 14.7. The van der Waals surface area contributed by atoms with E-state index in [4.69, 9.17) is 10.00 Å². The van der Waals surface area contributed by atoms with Gasteiger partial charge in [-0.25, -0.2) is 9.67 Å². The Bertz CT molecular complexity index is 972. The highest BCUT2D eigenvalue weighted by Crippen LogP contribution is 2.27. The Morgan fingerprint density at radius 1 is 1.26 bits per heavy atom. The van der Waals surface area contributed by atoms with Crippen LogP contribution in [0.1, 0.15) is 25.7 Å². The number of anilines is 1. The minimum absolute atomic E-state index is 0.0120.